The van der Waals surface area contributed by atoms with Crippen molar-refractivity contribution in [2.45, 2.75) is 76.5 Å². The average Bonchev–Trinajstić information content (AvgIpc) is 2.77. The van der Waals surface area contributed by atoms with Gasteiger partial charge in [-0.3, -0.25) is 24.2 Å². The van der Waals surface area contributed by atoms with Crippen molar-refractivity contribution in [1.29, 1.82) is 0 Å². The fourth-order valence-corrected chi connectivity index (χ4v) is 3.16. The highest BCUT2D eigenvalue weighted by molar-refractivity contribution is 5.95. The topological polar surface area (TPSA) is 284 Å². The summed E-state index contributed by atoms with van der Waals surface area (Å²) in [5.74, 6) is -4.72. The Labute approximate surface area is 210 Å². The number of guanidine groups is 1. The number of carboxylic acid groups (broad SMARTS) is 1. The number of rotatable bonds is 18. The number of carbonyl (C=O) groups is 5. The number of aliphatic carboxylic acids is 1. The standard InChI is InChI=1S/C21H41N9O6/c1-11(2)16(20(35)36)30-19(34)13(6-3-4-8-22)29-18(33)14(7-5-9-27-21(25)26)28-17(32)12(23)10-15(24)31/h11-14,16H,3-10,22-23H2,1-2H3,(H2,24,31)(H,28,32)(H,29,33)(H,30,34)(H,35,36)(H4,25,26,27). The molecule has 0 aromatic heterocycles. The average molecular weight is 516 g/mol. The van der Waals surface area contributed by atoms with Crippen molar-refractivity contribution in [3.05, 3.63) is 0 Å². The van der Waals surface area contributed by atoms with Gasteiger partial charge in [0.05, 0.1) is 12.5 Å². The van der Waals surface area contributed by atoms with Crippen LogP contribution in [0, 0.1) is 5.92 Å². The van der Waals surface area contributed by atoms with E-state index in [0.717, 1.165) is 0 Å². The van der Waals surface area contributed by atoms with E-state index in [-0.39, 0.29) is 25.3 Å². The summed E-state index contributed by atoms with van der Waals surface area (Å²) in [5.41, 5.74) is 26.9. The fraction of sp³-hybridized carbons (Fsp3) is 0.714. The number of nitrogens with zero attached hydrogens (tertiary/aromatic N) is 1. The second-order valence-electron chi connectivity index (χ2n) is 8.70. The van der Waals surface area contributed by atoms with E-state index >= 15 is 0 Å². The van der Waals surface area contributed by atoms with Crippen LogP contribution in [0.4, 0.5) is 0 Å². The molecule has 0 aliphatic heterocycles. The number of hydrogen-bond acceptors (Lipinski definition) is 8. The van der Waals surface area contributed by atoms with Gasteiger partial charge in [0.15, 0.2) is 5.96 Å². The van der Waals surface area contributed by atoms with Gasteiger partial charge in [0.2, 0.25) is 23.6 Å². The second kappa shape index (κ2) is 17.0. The first-order valence-electron chi connectivity index (χ1n) is 11.7. The Bertz CT molecular complexity index is 786. The van der Waals surface area contributed by atoms with E-state index in [2.05, 4.69) is 20.9 Å². The largest absolute Gasteiger partial charge is 0.480 e. The Morgan fingerprint density at radius 1 is 0.833 bits per heavy atom. The van der Waals surface area contributed by atoms with Gasteiger partial charge in [-0.15, -0.1) is 0 Å². The highest BCUT2D eigenvalue weighted by Crippen LogP contribution is 2.08. The number of nitrogens with one attached hydrogen (secondary N) is 3. The van der Waals surface area contributed by atoms with Crippen molar-refractivity contribution >= 4 is 35.6 Å². The number of hydrogen-bond donors (Lipinski definition) is 9. The lowest BCUT2D eigenvalue weighted by Crippen LogP contribution is -2.57. The lowest BCUT2D eigenvalue weighted by Gasteiger charge is -2.26. The van der Waals surface area contributed by atoms with Gasteiger partial charge in [-0.2, -0.15) is 0 Å². The molecule has 0 radical (unpaired) electrons. The third-order valence-electron chi connectivity index (χ3n) is 5.15. The van der Waals surface area contributed by atoms with Crippen molar-refractivity contribution < 1.29 is 29.1 Å². The van der Waals surface area contributed by atoms with Crippen LogP contribution in [0.25, 0.3) is 0 Å². The number of amides is 4. The SMILES string of the molecule is CC(C)C(NC(=O)C(CCCCN)NC(=O)C(CCCN=C(N)N)NC(=O)C(N)CC(N)=O)C(=O)O. The second-order valence-corrected chi connectivity index (χ2v) is 8.70. The number of carbonyl (C=O) groups excluding carboxylic acids is 4. The third-order valence-corrected chi connectivity index (χ3v) is 5.15. The first kappa shape index (κ1) is 32.5. The molecule has 0 rings (SSSR count). The van der Waals surface area contributed by atoms with Crippen molar-refractivity contribution in [3.8, 4) is 0 Å². The molecule has 36 heavy (non-hydrogen) atoms. The van der Waals surface area contributed by atoms with Crippen LogP contribution in [0.2, 0.25) is 0 Å². The highest BCUT2D eigenvalue weighted by Gasteiger charge is 2.31. The summed E-state index contributed by atoms with van der Waals surface area (Å²) in [7, 11) is 0. The van der Waals surface area contributed by atoms with Crippen molar-refractivity contribution in [2.24, 2.45) is 39.6 Å². The molecule has 15 heteroatoms. The molecule has 0 aliphatic rings. The summed E-state index contributed by atoms with van der Waals surface area (Å²) in [6, 6.07) is -4.66. The molecule has 15 nitrogen and oxygen atoms in total. The minimum Gasteiger partial charge on any atom is -0.480 e. The van der Waals surface area contributed by atoms with E-state index in [0.29, 0.717) is 25.8 Å². The number of unbranched alkanes of at least 4 members (excludes halogenated alkanes) is 1. The number of carboxylic acids is 1. The molecule has 4 unspecified atom stereocenters. The molecule has 0 fully saturated rings. The summed E-state index contributed by atoms with van der Waals surface area (Å²) in [6.07, 6.45) is 1.20. The summed E-state index contributed by atoms with van der Waals surface area (Å²) < 4.78 is 0. The zero-order valence-electron chi connectivity index (χ0n) is 20.9. The van der Waals surface area contributed by atoms with Gasteiger partial charge in [-0.25, -0.2) is 4.79 Å². The van der Waals surface area contributed by atoms with Crippen LogP contribution in [-0.2, 0) is 24.0 Å². The molecule has 0 spiro atoms. The van der Waals surface area contributed by atoms with Crippen LogP contribution in [0.15, 0.2) is 4.99 Å². The molecule has 4 atom stereocenters. The van der Waals surface area contributed by atoms with E-state index < -0.39 is 66.1 Å². The van der Waals surface area contributed by atoms with Crippen molar-refractivity contribution in [1.82, 2.24) is 16.0 Å². The molecular formula is C21H41N9O6. The lowest BCUT2D eigenvalue weighted by molar-refractivity contribution is -0.143. The molecule has 4 amide bonds. The van der Waals surface area contributed by atoms with Crippen LogP contribution in [0.5, 0.6) is 0 Å². The smallest absolute Gasteiger partial charge is 0.326 e. The monoisotopic (exact) mass is 515 g/mol. The van der Waals surface area contributed by atoms with E-state index in [1.54, 1.807) is 13.8 Å². The van der Waals surface area contributed by atoms with Crippen LogP contribution < -0.4 is 44.6 Å². The normalized spacial score (nSPS) is 14.1. The van der Waals surface area contributed by atoms with Gasteiger partial charge in [0, 0.05) is 6.54 Å². The number of aliphatic imine (C=N–C) groups is 1. The van der Waals surface area contributed by atoms with E-state index in [1.807, 2.05) is 0 Å². The van der Waals surface area contributed by atoms with Crippen LogP contribution in [0.3, 0.4) is 0 Å². The summed E-state index contributed by atoms with van der Waals surface area (Å²) >= 11 is 0. The Balaban J connectivity index is 5.63. The van der Waals surface area contributed by atoms with E-state index in [4.69, 9.17) is 28.7 Å². The Morgan fingerprint density at radius 3 is 1.83 bits per heavy atom. The summed E-state index contributed by atoms with van der Waals surface area (Å²) in [6.45, 7) is 3.81. The van der Waals surface area contributed by atoms with Gasteiger partial charge < -0.3 is 49.7 Å². The van der Waals surface area contributed by atoms with Crippen LogP contribution >= 0.6 is 0 Å². The first-order valence-corrected chi connectivity index (χ1v) is 11.7. The molecule has 0 aliphatic carbocycles. The zero-order valence-corrected chi connectivity index (χ0v) is 20.9. The summed E-state index contributed by atoms with van der Waals surface area (Å²) in [5, 5.41) is 16.9. The van der Waals surface area contributed by atoms with Gasteiger partial charge >= 0.3 is 5.97 Å². The minimum absolute atomic E-state index is 0.0819. The molecule has 14 N–H and O–H groups in total. The Kier molecular flexibility index (Phi) is 15.4. The Morgan fingerprint density at radius 2 is 1.36 bits per heavy atom. The van der Waals surface area contributed by atoms with Crippen molar-refractivity contribution in [3.63, 3.8) is 0 Å². The molecule has 0 saturated carbocycles. The summed E-state index contributed by atoms with van der Waals surface area (Å²) in [4.78, 5) is 64.8. The number of primary amides is 1. The highest BCUT2D eigenvalue weighted by atomic mass is 16.4. The van der Waals surface area contributed by atoms with Gasteiger partial charge in [0.1, 0.15) is 18.1 Å². The maximum absolute atomic E-state index is 13.1. The first-order chi connectivity index (χ1) is 16.8. The fourth-order valence-electron chi connectivity index (χ4n) is 3.16. The van der Waals surface area contributed by atoms with Crippen molar-refractivity contribution in [2.75, 3.05) is 13.1 Å². The molecule has 206 valence electrons. The molecule has 0 heterocycles. The molecule has 0 saturated heterocycles. The minimum atomic E-state index is -1.28. The molecule has 0 aromatic carbocycles. The maximum atomic E-state index is 13.1. The lowest BCUT2D eigenvalue weighted by atomic mass is 10.0. The third kappa shape index (κ3) is 13.4. The van der Waals surface area contributed by atoms with E-state index in [1.165, 1.54) is 0 Å². The molecule has 0 aromatic rings. The predicted octanol–water partition coefficient (Wildman–Crippen LogP) is -3.43. The van der Waals surface area contributed by atoms with Gasteiger partial charge in [-0.05, 0) is 44.6 Å². The quantitative estimate of drug-likeness (QED) is 0.0494. The van der Waals surface area contributed by atoms with Gasteiger partial charge in [-0.1, -0.05) is 13.8 Å². The molecular weight excluding hydrogens is 474 g/mol. The van der Waals surface area contributed by atoms with E-state index in [9.17, 15) is 29.1 Å². The number of nitrogens with two attached hydrogens (primary N) is 5. The van der Waals surface area contributed by atoms with Crippen LogP contribution in [-0.4, -0.2) is 77.9 Å². The van der Waals surface area contributed by atoms with Crippen LogP contribution in [0.1, 0.15) is 52.4 Å². The zero-order chi connectivity index (χ0) is 27.8. The Hall–Kier alpha value is -3.46. The maximum Gasteiger partial charge on any atom is 0.326 e. The molecule has 0 bridgehead atoms. The van der Waals surface area contributed by atoms with Gasteiger partial charge in [0.25, 0.3) is 0 Å². The predicted molar refractivity (Wildman–Crippen MR) is 133 cm³/mol.